The number of hydrogen-bond acceptors (Lipinski definition) is 8. The molecule has 0 saturated carbocycles. The summed E-state index contributed by atoms with van der Waals surface area (Å²) in [5, 5.41) is 4.59. The summed E-state index contributed by atoms with van der Waals surface area (Å²) in [4.78, 5) is 20.0. The fourth-order valence-corrected chi connectivity index (χ4v) is 5.46. The van der Waals surface area contributed by atoms with Crippen LogP contribution in [0.3, 0.4) is 0 Å². The van der Waals surface area contributed by atoms with Gasteiger partial charge in [-0.25, -0.2) is 4.98 Å². The van der Waals surface area contributed by atoms with E-state index in [2.05, 4.69) is 28.8 Å². The van der Waals surface area contributed by atoms with Crippen LogP contribution in [0.25, 0.3) is 0 Å². The lowest BCUT2D eigenvalue weighted by Crippen LogP contribution is -2.50. The van der Waals surface area contributed by atoms with Gasteiger partial charge in [-0.2, -0.15) is 4.68 Å². The van der Waals surface area contributed by atoms with Gasteiger partial charge in [0.2, 0.25) is 0 Å². The first-order valence-corrected chi connectivity index (χ1v) is 10.5. The third-order valence-electron chi connectivity index (χ3n) is 5.25. The Morgan fingerprint density at radius 1 is 1.17 bits per heavy atom. The molecule has 8 nitrogen and oxygen atoms in total. The highest BCUT2D eigenvalue weighted by Crippen LogP contribution is 2.43. The van der Waals surface area contributed by atoms with Gasteiger partial charge in [0.05, 0.1) is 32.5 Å². The molecule has 2 aromatic rings. The van der Waals surface area contributed by atoms with E-state index >= 15 is 0 Å². The Bertz CT molecular complexity index is 908. The Kier molecular flexibility index (Phi) is 5.54. The average Bonchev–Trinajstić information content (AvgIpc) is 3.18. The fraction of sp³-hybridized carbons (Fsp3) is 0.550. The molecule has 156 valence electrons. The van der Waals surface area contributed by atoms with Crippen molar-refractivity contribution in [3.05, 3.63) is 29.6 Å². The lowest BCUT2D eigenvalue weighted by Gasteiger charge is -2.41. The number of aromatic nitrogens is 3. The highest BCUT2D eigenvalue weighted by molar-refractivity contribution is 8.00. The highest BCUT2D eigenvalue weighted by Gasteiger charge is 2.44. The predicted octanol–water partition coefficient (Wildman–Crippen LogP) is 2.57. The number of carbonyl (C=O) groups is 1. The molecule has 2 aliphatic rings. The van der Waals surface area contributed by atoms with Gasteiger partial charge in [-0.15, -0.1) is 5.10 Å². The largest absolute Gasteiger partial charge is 0.493 e. The summed E-state index contributed by atoms with van der Waals surface area (Å²) in [7, 11) is 3.23. The van der Waals surface area contributed by atoms with Gasteiger partial charge in [-0.1, -0.05) is 17.8 Å². The van der Waals surface area contributed by atoms with Gasteiger partial charge in [0.1, 0.15) is 11.1 Å². The number of ether oxygens (including phenoxy) is 3. The average molecular weight is 419 g/mol. The normalized spacial score (nSPS) is 25.7. The van der Waals surface area contributed by atoms with Crippen molar-refractivity contribution in [1.82, 2.24) is 19.7 Å². The quantitative estimate of drug-likeness (QED) is 0.733. The van der Waals surface area contributed by atoms with E-state index in [9.17, 15) is 4.79 Å². The van der Waals surface area contributed by atoms with Crippen molar-refractivity contribution >= 4 is 17.7 Å². The van der Waals surface area contributed by atoms with Gasteiger partial charge in [0, 0.05) is 13.1 Å². The summed E-state index contributed by atoms with van der Waals surface area (Å²) in [5.41, 5.74) is 0.997. The molecule has 1 fully saturated rings. The summed E-state index contributed by atoms with van der Waals surface area (Å²) in [5.74, 6) is 1.87. The molecule has 29 heavy (non-hydrogen) atoms. The van der Waals surface area contributed by atoms with Gasteiger partial charge >= 0.3 is 0 Å². The molecule has 3 heterocycles. The van der Waals surface area contributed by atoms with E-state index in [-0.39, 0.29) is 29.4 Å². The zero-order valence-corrected chi connectivity index (χ0v) is 18.1. The maximum absolute atomic E-state index is 13.2. The van der Waals surface area contributed by atoms with Crippen LogP contribution in [0, 0.1) is 6.92 Å². The second-order valence-electron chi connectivity index (χ2n) is 7.50. The van der Waals surface area contributed by atoms with Gasteiger partial charge in [0.15, 0.2) is 16.7 Å². The number of morpholine rings is 1. The van der Waals surface area contributed by atoms with E-state index in [1.165, 1.54) is 16.4 Å². The van der Waals surface area contributed by atoms with Crippen LogP contribution in [-0.4, -0.2) is 70.3 Å². The Morgan fingerprint density at radius 2 is 1.86 bits per heavy atom. The first-order chi connectivity index (χ1) is 13.9. The number of hydrogen-bond donors (Lipinski definition) is 0. The van der Waals surface area contributed by atoms with Crippen LogP contribution in [0.4, 0.5) is 0 Å². The van der Waals surface area contributed by atoms with E-state index in [0.29, 0.717) is 22.5 Å². The summed E-state index contributed by atoms with van der Waals surface area (Å²) >= 11 is 1.47. The number of nitrogens with zero attached hydrogens (tertiary/aromatic N) is 4. The van der Waals surface area contributed by atoms with Gasteiger partial charge in [-0.3, -0.25) is 9.69 Å². The molecule has 0 radical (unpaired) electrons. The monoisotopic (exact) mass is 418 g/mol. The second kappa shape index (κ2) is 7.97. The maximum Gasteiger partial charge on any atom is 0.264 e. The molecule has 9 heteroatoms. The van der Waals surface area contributed by atoms with Crippen LogP contribution in [0.1, 0.15) is 36.1 Å². The Hall–Kier alpha value is -2.10. The molecule has 1 aromatic carbocycles. The zero-order valence-electron chi connectivity index (χ0n) is 17.3. The minimum Gasteiger partial charge on any atom is -0.493 e. The smallest absolute Gasteiger partial charge is 0.264 e. The van der Waals surface area contributed by atoms with Gasteiger partial charge in [-0.05, 0) is 38.5 Å². The summed E-state index contributed by atoms with van der Waals surface area (Å²) in [6.07, 6.45) is 0.167. The van der Waals surface area contributed by atoms with Crippen molar-refractivity contribution in [2.45, 2.75) is 49.4 Å². The molecule has 1 saturated heterocycles. The minimum atomic E-state index is -0.346. The van der Waals surface area contributed by atoms with E-state index in [1.54, 1.807) is 21.1 Å². The van der Waals surface area contributed by atoms with E-state index in [4.69, 9.17) is 14.2 Å². The van der Waals surface area contributed by atoms with Gasteiger partial charge in [0.25, 0.3) is 5.91 Å². The van der Waals surface area contributed by atoms with Crippen LogP contribution in [0.2, 0.25) is 0 Å². The maximum atomic E-state index is 13.2. The third kappa shape index (κ3) is 3.74. The molecule has 4 atom stereocenters. The van der Waals surface area contributed by atoms with Crippen LogP contribution in [0.15, 0.2) is 23.4 Å². The third-order valence-corrected chi connectivity index (χ3v) is 6.43. The number of methoxy groups -OCH3 is 2. The molecule has 2 aliphatic heterocycles. The molecular formula is C20H26N4O4S. The van der Waals surface area contributed by atoms with E-state index < -0.39 is 0 Å². The lowest BCUT2D eigenvalue weighted by molar-refractivity contribution is -0.0804. The van der Waals surface area contributed by atoms with Crippen molar-refractivity contribution in [2.75, 3.05) is 27.3 Å². The van der Waals surface area contributed by atoms with Crippen LogP contribution in [-0.2, 0) is 4.74 Å². The molecule has 0 N–H and O–H groups in total. The molecule has 4 unspecified atom stereocenters. The summed E-state index contributed by atoms with van der Waals surface area (Å²) < 4.78 is 18.3. The number of aryl methyl sites for hydroxylation is 1. The zero-order chi connectivity index (χ0) is 20.7. The molecule has 0 bridgehead atoms. The van der Waals surface area contributed by atoms with Crippen molar-refractivity contribution in [2.24, 2.45) is 0 Å². The minimum absolute atomic E-state index is 0.0443. The molecule has 0 aliphatic carbocycles. The number of rotatable bonds is 5. The molecule has 0 amide bonds. The first kappa shape index (κ1) is 20.2. The predicted molar refractivity (Wildman–Crippen MR) is 109 cm³/mol. The second-order valence-corrected chi connectivity index (χ2v) is 8.61. The van der Waals surface area contributed by atoms with Crippen LogP contribution < -0.4 is 9.47 Å². The molecule has 4 rings (SSSR count). The van der Waals surface area contributed by atoms with Crippen molar-refractivity contribution in [3.63, 3.8) is 0 Å². The molecule has 1 aromatic heterocycles. The lowest BCUT2D eigenvalue weighted by atomic mass is 9.98. The number of benzene rings is 1. The summed E-state index contributed by atoms with van der Waals surface area (Å²) in [6, 6.07) is 5.69. The Labute approximate surface area is 174 Å². The molecular weight excluding hydrogens is 392 g/mol. The SMILES string of the molecule is COc1ccc(C(C2Sc3nc(C)nn3C2=O)N2CC(C)OC(C)C2)cc1OC. The van der Waals surface area contributed by atoms with Crippen molar-refractivity contribution in [3.8, 4) is 11.5 Å². The van der Waals surface area contributed by atoms with E-state index in [0.717, 1.165) is 18.7 Å². The highest BCUT2D eigenvalue weighted by atomic mass is 32.2. The van der Waals surface area contributed by atoms with Gasteiger partial charge < -0.3 is 14.2 Å². The van der Waals surface area contributed by atoms with Crippen molar-refractivity contribution < 1.29 is 19.0 Å². The Balaban J connectivity index is 1.74. The van der Waals surface area contributed by atoms with E-state index in [1.807, 2.05) is 18.2 Å². The van der Waals surface area contributed by atoms with Crippen LogP contribution in [0.5, 0.6) is 11.5 Å². The first-order valence-electron chi connectivity index (χ1n) is 9.67. The standard InChI is InChI=1S/C20H26N4O4S/c1-11-9-23(10-12(2)28-11)17(14-6-7-15(26-4)16(8-14)27-5)18-19(25)24-20(29-18)21-13(3)22-24/h6-8,11-12,17-18H,9-10H2,1-5H3. The molecule has 0 spiro atoms. The van der Waals surface area contributed by atoms with Crippen molar-refractivity contribution in [1.29, 1.82) is 0 Å². The number of carbonyl (C=O) groups excluding carboxylic acids is 1. The summed E-state index contributed by atoms with van der Waals surface area (Å²) in [6.45, 7) is 7.40. The Morgan fingerprint density at radius 3 is 2.48 bits per heavy atom. The fourth-order valence-electron chi connectivity index (χ4n) is 4.16. The number of fused-ring (bicyclic) bond motifs is 1. The number of thioether (sulfide) groups is 1. The topological polar surface area (TPSA) is 78.7 Å². The van der Waals surface area contributed by atoms with Crippen LogP contribution >= 0.6 is 11.8 Å².